The van der Waals surface area contributed by atoms with Gasteiger partial charge < -0.3 is 10.2 Å². The summed E-state index contributed by atoms with van der Waals surface area (Å²) in [6.07, 6.45) is 3.88. The van der Waals surface area contributed by atoms with E-state index in [1.165, 1.54) is 19.3 Å². The van der Waals surface area contributed by atoms with E-state index in [1.54, 1.807) is 0 Å². The first-order chi connectivity index (χ1) is 8.70. The third kappa shape index (κ3) is 3.95. The SMILES string of the molecule is CCC(C)N1CCN(C(=O)CNCC2CC2)CC1. The summed E-state index contributed by atoms with van der Waals surface area (Å²) < 4.78 is 0. The van der Waals surface area contributed by atoms with E-state index in [0.717, 1.165) is 38.6 Å². The van der Waals surface area contributed by atoms with E-state index in [0.29, 0.717) is 12.6 Å². The lowest BCUT2D eigenvalue weighted by Crippen LogP contribution is -2.52. The van der Waals surface area contributed by atoms with Crippen molar-refractivity contribution in [3.63, 3.8) is 0 Å². The third-order valence-electron chi connectivity index (χ3n) is 4.29. The Balaban J connectivity index is 1.63. The number of nitrogens with zero attached hydrogens (tertiary/aromatic N) is 2. The van der Waals surface area contributed by atoms with Gasteiger partial charge in [0.05, 0.1) is 6.54 Å². The van der Waals surface area contributed by atoms with Crippen LogP contribution in [0.5, 0.6) is 0 Å². The standard InChI is InChI=1S/C14H27N3O/c1-3-12(2)16-6-8-17(9-7-16)14(18)11-15-10-13-4-5-13/h12-13,15H,3-11H2,1-2H3. The first-order valence-corrected chi connectivity index (χ1v) is 7.43. The molecule has 1 N–H and O–H groups in total. The van der Waals surface area contributed by atoms with Crippen LogP contribution in [0, 0.1) is 5.92 Å². The largest absolute Gasteiger partial charge is 0.339 e. The zero-order valence-corrected chi connectivity index (χ0v) is 11.8. The van der Waals surface area contributed by atoms with Gasteiger partial charge in [-0.3, -0.25) is 9.69 Å². The summed E-state index contributed by atoms with van der Waals surface area (Å²) in [6.45, 7) is 9.91. The van der Waals surface area contributed by atoms with Gasteiger partial charge in [-0.15, -0.1) is 0 Å². The summed E-state index contributed by atoms with van der Waals surface area (Å²) in [4.78, 5) is 16.5. The van der Waals surface area contributed by atoms with Crippen molar-refractivity contribution in [1.29, 1.82) is 0 Å². The zero-order valence-electron chi connectivity index (χ0n) is 11.8. The summed E-state index contributed by atoms with van der Waals surface area (Å²) in [5.41, 5.74) is 0. The van der Waals surface area contributed by atoms with E-state index in [4.69, 9.17) is 0 Å². The van der Waals surface area contributed by atoms with Crippen molar-refractivity contribution in [3.8, 4) is 0 Å². The summed E-state index contributed by atoms with van der Waals surface area (Å²) in [7, 11) is 0. The molecule has 4 heteroatoms. The number of nitrogens with one attached hydrogen (secondary N) is 1. The molecule has 0 aromatic heterocycles. The second-order valence-corrected chi connectivity index (χ2v) is 5.75. The maximum Gasteiger partial charge on any atom is 0.236 e. The Hall–Kier alpha value is -0.610. The minimum Gasteiger partial charge on any atom is -0.339 e. The molecule has 0 aromatic carbocycles. The van der Waals surface area contributed by atoms with Crippen molar-refractivity contribution in [3.05, 3.63) is 0 Å². The number of carbonyl (C=O) groups is 1. The van der Waals surface area contributed by atoms with Crippen LogP contribution in [0.2, 0.25) is 0 Å². The van der Waals surface area contributed by atoms with Gasteiger partial charge in [-0.05, 0) is 38.6 Å². The first-order valence-electron chi connectivity index (χ1n) is 7.43. The smallest absolute Gasteiger partial charge is 0.236 e. The molecule has 2 aliphatic rings. The predicted octanol–water partition coefficient (Wildman–Crippen LogP) is 0.929. The fraction of sp³-hybridized carbons (Fsp3) is 0.929. The highest BCUT2D eigenvalue weighted by molar-refractivity contribution is 5.78. The van der Waals surface area contributed by atoms with Crippen molar-refractivity contribution >= 4 is 5.91 Å². The van der Waals surface area contributed by atoms with E-state index in [2.05, 4.69) is 24.1 Å². The molecule has 0 aromatic rings. The summed E-state index contributed by atoms with van der Waals surface area (Å²) in [5, 5.41) is 3.28. The van der Waals surface area contributed by atoms with E-state index in [-0.39, 0.29) is 5.91 Å². The summed E-state index contributed by atoms with van der Waals surface area (Å²) in [5.74, 6) is 1.12. The molecule has 1 saturated heterocycles. The van der Waals surface area contributed by atoms with Crippen molar-refractivity contribution in [2.45, 2.75) is 39.2 Å². The molecule has 104 valence electrons. The van der Waals surface area contributed by atoms with Gasteiger partial charge in [0.1, 0.15) is 0 Å². The van der Waals surface area contributed by atoms with Gasteiger partial charge in [-0.1, -0.05) is 6.92 Å². The molecule has 18 heavy (non-hydrogen) atoms. The van der Waals surface area contributed by atoms with Gasteiger partial charge >= 0.3 is 0 Å². The highest BCUT2D eigenvalue weighted by atomic mass is 16.2. The van der Waals surface area contributed by atoms with Gasteiger partial charge in [-0.2, -0.15) is 0 Å². The summed E-state index contributed by atoms with van der Waals surface area (Å²) in [6, 6.07) is 0.648. The monoisotopic (exact) mass is 253 g/mol. The minimum atomic E-state index is 0.277. The minimum absolute atomic E-state index is 0.277. The van der Waals surface area contributed by atoms with E-state index < -0.39 is 0 Å². The molecular formula is C14H27N3O. The second kappa shape index (κ2) is 6.53. The fourth-order valence-corrected chi connectivity index (χ4v) is 2.49. The average molecular weight is 253 g/mol. The molecule has 1 heterocycles. The van der Waals surface area contributed by atoms with Crippen LogP contribution < -0.4 is 5.32 Å². The van der Waals surface area contributed by atoms with Crippen molar-refractivity contribution in [2.24, 2.45) is 5.92 Å². The molecule has 1 unspecified atom stereocenters. The molecule has 1 aliphatic heterocycles. The van der Waals surface area contributed by atoms with E-state index >= 15 is 0 Å². The maximum absolute atomic E-state index is 12.0. The Labute approximate surface area is 111 Å². The zero-order chi connectivity index (χ0) is 13.0. The normalized spacial score (nSPS) is 23.1. The summed E-state index contributed by atoms with van der Waals surface area (Å²) >= 11 is 0. The number of hydrogen-bond acceptors (Lipinski definition) is 3. The van der Waals surface area contributed by atoms with Crippen LogP contribution in [-0.4, -0.2) is 61.0 Å². The van der Waals surface area contributed by atoms with Gasteiger partial charge in [0.15, 0.2) is 0 Å². The van der Waals surface area contributed by atoms with Gasteiger partial charge in [0.25, 0.3) is 0 Å². The number of carbonyl (C=O) groups excluding carboxylic acids is 1. The molecule has 1 amide bonds. The van der Waals surface area contributed by atoms with Crippen LogP contribution in [0.25, 0.3) is 0 Å². The van der Waals surface area contributed by atoms with Gasteiger partial charge in [-0.25, -0.2) is 0 Å². The van der Waals surface area contributed by atoms with Crippen molar-refractivity contribution < 1.29 is 4.79 Å². The maximum atomic E-state index is 12.0. The van der Waals surface area contributed by atoms with Crippen LogP contribution in [-0.2, 0) is 4.79 Å². The number of amides is 1. The molecule has 0 spiro atoms. The van der Waals surface area contributed by atoms with E-state index in [1.807, 2.05) is 4.90 Å². The molecule has 4 nitrogen and oxygen atoms in total. The lowest BCUT2D eigenvalue weighted by molar-refractivity contribution is -0.132. The third-order valence-corrected chi connectivity index (χ3v) is 4.29. The Morgan fingerprint density at radius 2 is 1.94 bits per heavy atom. The predicted molar refractivity (Wildman–Crippen MR) is 73.5 cm³/mol. The van der Waals surface area contributed by atoms with Crippen LogP contribution in [0.3, 0.4) is 0 Å². The Kier molecular flexibility index (Phi) is 5.01. The van der Waals surface area contributed by atoms with E-state index in [9.17, 15) is 4.79 Å². The molecular weight excluding hydrogens is 226 g/mol. The lowest BCUT2D eigenvalue weighted by atomic mass is 10.2. The van der Waals surface area contributed by atoms with Gasteiger partial charge in [0.2, 0.25) is 5.91 Å². The molecule has 0 radical (unpaired) electrons. The first kappa shape index (κ1) is 13.8. The van der Waals surface area contributed by atoms with Crippen LogP contribution >= 0.6 is 0 Å². The molecule has 1 aliphatic carbocycles. The second-order valence-electron chi connectivity index (χ2n) is 5.75. The van der Waals surface area contributed by atoms with Crippen molar-refractivity contribution in [2.75, 3.05) is 39.3 Å². The van der Waals surface area contributed by atoms with Crippen molar-refractivity contribution in [1.82, 2.24) is 15.1 Å². The molecule has 2 fully saturated rings. The lowest BCUT2D eigenvalue weighted by Gasteiger charge is -2.37. The van der Waals surface area contributed by atoms with Crippen LogP contribution in [0.4, 0.5) is 0 Å². The van der Waals surface area contributed by atoms with Crippen LogP contribution in [0.1, 0.15) is 33.1 Å². The average Bonchev–Trinajstić information content (AvgIpc) is 3.22. The topological polar surface area (TPSA) is 35.6 Å². The molecule has 2 rings (SSSR count). The molecule has 1 atom stereocenters. The Morgan fingerprint density at radius 1 is 1.28 bits per heavy atom. The Bertz CT molecular complexity index is 270. The highest BCUT2D eigenvalue weighted by Gasteiger charge is 2.24. The number of rotatable bonds is 6. The number of piperazine rings is 1. The number of hydrogen-bond donors (Lipinski definition) is 1. The fourth-order valence-electron chi connectivity index (χ4n) is 2.49. The van der Waals surface area contributed by atoms with Gasteiger partial charge in [0, 0.05) is 32.2 Å². The quantitative estimate of drug-likeness (QED) is 0.765. The Morgan fingerprint density at radius 3 is 2.50 bits per heavy atom. The van der Waals surface area contributed by atoms with Crippen LogP contribution in [0.15, 0.2) is 0 Å². The highest BCUT2D eigenvalue weighted by Crippen LogP contribution is 2.27. The molecule has 1 saturated carbocycles. The molecule has 0 bridgehead atoms.